The van der Waals surface area contributed by atoms with Crippen LogP contribution in [0.25, 0.3) is 0 Å². The van der Waals surface area contributed by atoms with Crippen molar-refractivity contribution in [2.75, 3.05) is 33.2 Å². The first kappa shape index (κ1) is 10.5. The van der Waals surface area contributed by atoms with Crippen molar-refractivity contribution in [1.29, 1.82) is 0 Å². The van der Waals surface area contributed by atoms with E-state index in [1.807, 2.05) is 0 Å². The first-order valence-electron chi connectivity index (χ1n) is 5.55. The van der Waals surface area contributed by atoms with Gasteiger partial charge >= 0.3 is 6.09 Å². The highest BCUT2D eigenvalue weighted by Gasteiger charge is 2.28. The quantitative estimate of drug-likeness (QED) is 0.654. The van der Waals surface area contributed by atoms with E-state index in [1.54, 1.807) is 11.9 Å². The maximum Gasteiger partial charge on any atom is 0.409 e. The zero-order chi connectivity index (χ0) is 10.7. The van der Waals surface area contributed by atoms with Crippen LogP contribution >= 0.6 is 0 Å². The van der Waals surface area contributed by atoms with Gasteiger partial charge in [0.1, 0.15) is 6.10 Å². The number of cyclic esters (lactones) is 1. The molecule has 0 aromatic rings. The van der Waals surface area contributed by atoms with Gasteiger partial charge in [0.25, 0.3) is 0 Å². The zero-order valence-corrected chi connectivity index (χ0v) is 9.19. The number of likely N-dealkylation sites (N-methyl/N-ethyl adjacent to an activating group) is 1. The van der Waals surface area contributed by atoms with Crippen LogP contribution < -0.4 is 0 Å². The molecule has 1 atom stereocenters. The second-order valence-corrected chi connectivity index (χ2v) is 4.24. The Kier molecular flexibility index (Phi) is 3.26. The summed E-state index contributed by atoms with van der Waals surface area (Å²) in [5.74, 6) is 0. The molecule has 0 aromatic carbocycles. The smallest absolute Gasteiger partial charge is 0.409 e. The summed E-state index contributed by atoms with van der Waals surface area (Å²) >= 11 is 0. The topological polar surface area (TPSA) is 32.8 Å². The third-order valence-electron chi connectivity index (χ3n) is 2.97. The maximum atomic E-state index is 11.1. The summed E-state index contributed by atoms with van der Waals surface area (Å²) in [5.41, 5.74) is 0. The third kappa shape index (κ3) is 2.72. The number of carbonyl (C=O) groups excluding carboxylic acids is 1. The van der Waals surface area contributed by atoms with Crippen LogP contribution in [0.3, 0.4) is 0 Å². The summed E-state index contributed by atoms with van der Waals surface area (Å²) < 4.78 is 5.21. The van der Waals surface area contributed by atoms with Crippen LogP contribution in [0, 0.1) is 0 Å². The van der Waals surface area contributed by atoms with E-state index >= 15 is 0 Å². The minimum atomic E-state index is -0.182. The molecule has 1 saturated heterocycles. The molecule has 0 aromatic heterocycles. The Morgan fingerprint density at radius 2 is 2.40 bits per heavy atom. The average Bonchev–Trinajstić information content (AvgIpc) is 2.57. The lowest BCUT2D eigenvalue weighted by Gasteiger charge is -2.23. The average molecular weight is 210 g/mol. The molecule has 4 nitrogen and oxygen atoms in total. The van der Waals surface area contributed by atoms with Crippen molar-refractivity contribution in [1.82, 2.24) is 9.80 Å². The molecule has 0 radical (unpaired) electrons. The van der Waals surface area contributed by atoms with E-state index in [-0.39, 0.29) is 12.2 Å². The second-order valence-electron chi connectivity index (χ2n) is 4.24. The van der Waals surface area contributed by atoms with Crippen molar-refractivity contribution in [2.24, 2.45) is 0 Å². The molecule has 2 rings (SSSR count). The number of hydrogen-bond acceptors (Lipinski definition) is 3. The Balaban J connectivity index is 1.70. The SMILES string of the molecule is CN1C[C@H](CCN2CC=CCC2)OC1=O. The van der Waals surface area contributed by atoms with Gasteiger partial charge in [0, 0.05) is 26.7 Å². The number of rotatable bonds is 3. The molecular weight excluding hydrogens is 192 g/mol. The van der Waals surface area contributed by atoms with E-state index in [4.69, 9.17) is 4.74 Å². The minimum absolute atomic E-state index is 0.0911. The molecule has 2 heterocycles. The summed E-state index contributed by atoms with van der Waals surface area (Å²) in [7, 11) is 1.78. The first-order valence-corrected chi connectivity index (χ1v) is 5.55. The van der Waals surface area contributed by atoms with Gasteiger partial charge < -0.3 is 9.64 Å². The number of amides is 1. The van der Waals surface area contributed by atoms with Crippen LogP contribution in [0.5, 0.6) is 0 Å². The van der Waals surface area contributed by atoms with E-state index in [1.165, 1.54) is 0 Å². The lowest BCUT2D eigenvalue weighted by molar-refractivity contribution is 0.123. The maximum absolute atomic E-state index is 11.1. The van der Waals surface area contributed by atoms with E-state index in [0.717, 1.165) is 39.0 Å². The molecule has 0 unspecified atom stereocenters. The highest BCUT2D eigenvalue weighted by atomic mass is 16.6. The van der Waals surface area contributed by atoms with Crippen LogP contribution in [0.4, 0.5) is 4.79 Å². The molecule has 0 spiro atoms. The molecule has 84 valence electrons. The molecule has 1 fully saturated rings. The highest BCUT2D eigenvalue weighted by Crippen LogP contribution is 2.13. The van der Waals surface area contributed by atoms with Gasteiger partial charge in [-0.05, 0) is 12.8 Å². The Bertz CT molecular complexity index is 265. The van der Waals surface area contributed by atoms with E-state index in [2.05, 4.69) is 17.1 Å². The standard InChI is InChI=1S/C11H18N2O2/c1-12-9-10(15-11(12)14)5-8-13-6-3-2-4-7-13/h2-3,10H,4-9H2,1H3/t10-/m0/s1. The fourth-order valence-corrected chi connectivity index (χ4v) is 2.02. The van der Waals surface area contributed by atoms with E-state index in [0.29, 0.717) is 0 Å². The third-order valence-corrected chi connectivity index (χ3v) is 2.97. The Morgan fingerprint density at radius 1 is 1.53 bits per heavy atom. The number of hydrogen-bond donors (Lipinski definition) is 0. The van der Waals surface area contributed by atoms with Gasteiger partial charge in [0.05, 0.1) is 6.54 Å². The van der Waals surface area contributed by atoms with Crippen LogP contribution in [-0.4, -0.2) is 55.2 Å². The van der Waals surface area contributed by atoms with Gasteiger partial charge in [0.15, 0.2) is 0 Å². The molecule has 1 amide bonds. The number of ether oxygens (including phenoxy) is 1. The van der Waals surface area contributed by atoms with Gasteiger partial charge in [0.2, 0.25) is 0 Å². The monoisotopic (exact) mass is 210 g/mol. The Hall–Kier alpha value is -1.03. The molecule has 4 heteroatoms. The van der Waals surface area contributed by atoms with Crippen LogP contribution in [0.15, 0.2) is 12.2 Å². The van der Waals surface area contributed by atoms with Crippen LogP contribution in [-0.2, 0) is 4.74 Å². The van der Waals surface area contributed by atoms with Crippen molar-refractivity contribution in [3.63, 3.8) is 0 Å². The fourth-order valence-electron chi connectivity index (χ4n) is 2.02. The lowest BCUT2D eigenvalue weighted by atomic mass is 10.2. The van der Waals surface area contributed by atoms with Gasteiger partial charge in [-0.3, -0.25) is 4.90 Å². The van der Waals surface area contributed by atoms with Crippen molar-refractivity contribution < 1.29 is 9.53 Å². The van der Waals surface area contributed by atoms with E-state index in [9.17, 15) is 4.79 Å². The fraction of sp³-hybridized carbons (Fsp3) is 0.727. The summed E-state index contributed by atoms with van der Waals surface area (Å²) in [6.07, 6.45) is 6.43. The molecule has 2 aliphatic rings. The predicted molar refractivity (Wildman–Crippen MR) is 57.7 cm³/mol. The van der Waals surface area contributed by atoms with Crippen molar-refractivity contribution in [2.45, 2.75) is 18.9 Å². The summed E-state index contributed by atoms with van der Waals surface area (Å²) in [6, 6.07) is 0. The Labute approximate surface area is 90.5 Å². The van der Waals surface area contributed by atoms with Crippen LogP contribution in [0.2, 0.25) is 0 Å². The minimum Gasteiger partial charge on any atom is -0.444 e. The van der Waals surface area contributed by atoms with Crippen molar-refractivity contribution in [3.8, 4) is 0 Å². The number of nitrogens with zero attached hydrogens (tertiary/aromatic N) is 2. The molecule has 15 heavy (non-hydrogen) atoms. The summed E-state index contributed by atoms with van der Waals surface area (Å²) in [5, 5.41) is 0. The number of carbonyl (C=O) groups is 1. The molecular formula is C11H18N2O2. The van der Waals surface area contributed by atoms with E-state index < -0.39 is 0 Å². The molecule has 0 aliphatic carbocycles. The predicted octanol–water partition coefficient (Wildman–Crippen LogP) is 1.09. The molecule has 0 saturated carbocycles. The highest BCUT2D eigenvalue weighted by molar-refractivity contribution is 5.69. The van der Waals surface area contributed by atoms with Gasteiger partial charge in [-0.25, -0.2) is 4.79 Å². The molecule has 0 bridgehead atoms. The Morgan fingerprint density at radius 3 is 3.00 bits per heavy atom. The van der Waals surface area contributed by atoms with Crippen LogP contribution in [0.1, 0.15) is 12.8 Å². The zero-order valence-electron chi connectivity index (χ0n) is 9.19. The largest absolute Gasteiger partial charge is 0.444 e. The first-order chi connectivity index (χ1) is 7.25. The lowest BCUT2D eigenvalue weighted by Crippen LogP contribution is -2.31. The van der Waals surface area contributed by atoms with Crippen molar-refractivity contribution >= 4 is 6.09 Å². The summed E-state index contributed by atoms with van der Waals surface area (Å²) in [6.45, 7) is 3.93. The van der Waals surface area contributed by atoms with Gasteiger partial charge in [-0.2, -0.15) is 0 Å². The summed E-state index contributed by atoms with van der Waals surface area (Å²) in [4.78, 5) is 15.1. The van der Waals surface area contributed by atoms with Crippen molar-refractivity contribution in [3.05, 3.63) is 12.2 Å². The second kappa shape index (κ2) is 4.66. The normalized spacial score (nSPS) is 27.1. The molecule has 2 aliphatic heterocycles. The molecule has 0 N–H and O–H groups in total. The van der Waals surface area contributed by atoms with Gasteiger partial charge in [-0.15, -0.1) is 0 Å². The van der Waals surface area contributed by atoms with Gasteiger partial charge in [-0.1, -0.05) is 12.2 Å².